The molecule has 6 nitrogen and oxygen atoms in total. The quantitative estimate of drug-likeness (QED) is 0.776. The first kappa shape index (κ1) is 23.2. The van der Waals surface area contributed by atoms with Crippen LogP contribution in [0.2, 0.25) is 0 Å². The van der Waals surface area contributed by atoms with Crippen LogP contribution in [0.1, 0.15) is 69.3 Å². The Bertz CT molecular complexity index is 692. The summed E-state index contributed by atoms with van der Waals surface area (Å²) in [5.41, 5.74) is 1.51. The maximum Gasteiger partial charge on any atom is 0.407 e. The summed E-state index contributed by atoms with van der Waals surface area (Å²) in [5.74, 6) is 0.0606. The van der Waals surface area contributed by atoms with Gasteiger partial charge in [0.1, 0.15) is 0 Å². The van der Waals surface area contributed by atoms with Crippen LogP contribution in [0.25, 0.3) is 0 Å². The van der Waals surface area contributed by atoms with E-state index in [1.165, 1.54) is 0 Å². The third-order valence-electron chi connectivity index (χ3n) is 6.28. The van der Waals surface area contributed by atoms with Crippen LogP contribution < -0.4 is 0 Å². The molecule has 6 heteroatoms. The number of aliphatic hydroxyl groups is 1. The number of aliphatic hydroxyl groups excluding tert-OH is 1. The number of carboxylic acid groups (broad SMARTS) is 1. The molecule has 2 amide bonds. The summed E-state index contributed by atoms with van der Waals surface area (Å²) in [5, 5.41) is 19.7. The molecule has 1 fully saturated rings. The SMILES string of the molecule is CCN(CC)C(=O)c1ccc(C2CC(C(C)(C)C)N(C(=O)O)CCC2CO)cc1. The molecule has 3 unspecified atom stereocenters. The van der Waals surface area contributed by atoms with Crippen molar-refractivity contribution in [3.63, 3.8) is 0 Å². The van der Waals surface area contributed by atoms with Crippen LogP contribution in [-0.2, 0) is 0 Å². The monoisotopic (exact) mass is 404 g/mol. The van der Waals surface area contributed by atoms with Gasteiger partial charge < -0.3 is 20.0 Å². The molecule has 0 radical (unpaired) electrons. The Balaban J connectivity index is 2.34. The van der Waals surface area contributed by atoms with E-state index in [0.717, 1.165) is 5.56 Å². The minimum Gasteiger partial charge on any atom is -0.465 e. The Labute approximate surface area is 174 Å². The first-order valence-electron chi connectivity index (χ1n) is 10.6. The predicted octanol–water partition coefficient (Wildman–Crippen LogP) is 4.05. The van der Waals surface area contributed by atoms with Crippen molar-refractivity contribution in [1.82, 2.24) is 9.80 Å². The molecule has 1 aromatic rings. The number of amides is 2. The lowest BCUT2D eigenvalue weighted by molar-refractivity contribution is 0.0771. The summed E-state index contributed by atoms with van der Waals surface area (Å²) in [6.45, 7) is 11.9. The van der Waals surface area contributed by atoms with Crippen molar-refractivity contribution in [2.75, 3.05) is 26.2 Å². The third-order valence-corrected chi connectivity index (χ3v) is 6.28. The second-order valence-corrected chi connectivity index (χ2v) is 9.03. The number of benzene rings is 1. The van der Waals surface area contributed by atoms with E-state index in [4.69, 9.17) is 0 Å². The van der Waals surface area contributed by atoms with Crippen LogP contribution in [-0.4, -0.2) is 64.3 Å². The molecule has 1 aromatic carbocycles. The van der Waals surface area contributed by atoms with E-state index in [-0.39, 0.29) is 35.8 Å². The Morgan fingerprint density at radius 2 is 1.72 bits per heavy atom. The molecule has 0 aromatic heterocycles. The average Bonchev–Trinajstić information content (AvgIpc) is 2.88. The minimum absolute atomic E-state index is 0.00599. The van der Waals surface area contributed by atoms with Crippen molar-refractivity contribution >= 4 is 12.0 Å². The molecule has 0 aliphatic carbocycles. The van der Waals surface area contributed by atoms with Gasteiger partial charge in [0.05, 0.1) is 0 Å². The van der Waals surface area contributed by atoms with E-state index in [1.54, 1.807) is 9.80 Å². The van der Waals surface area contributed by atoms with Crippen LogP contribution in [0.3, 0.4) is 0 Å². The number of carbonyl (C=O) groups excluding carboxylic acids is 1. The highest BCUT2D eigenvalue weighted by Crippen LogP contribution is 2.41. The molecule has 29 heavy (non-hydrogen) atoms. The molecule has 0 saturated carbocycles. The van der Waals surface area contributed by atoms with Gasteiger partial charge in [-0.25, -0.2) is 4.79 Å². The second kappa shape index (κ2) is 9.61. The van der Waals surface area contributed by atoms with Crippen molar-refractivity contribution < 1.29 is 19.8 Å². The largest absolute Gasteiger partial charge is 0.465 e. The highest BCUT2D eigenvalue weighted by atomic mass is 16.4. The van der Waals surface area contributed by atoms with Gasteiger partial charge in [-0.3, -0.25) is 4.79 Å². The Kier molecular flexibility index (Phi) is 7.69. The van der Waals surface area contributed by atoms with E-state index < -0.39 is 6.09 Å². The highest BCUT2D eigenvalue weighted by Gasteiger charge is 2.40. The van der Waals surface area contributed by atoms with Crippen LogP contribution >= 0.6 is 0 Å². The minimum atomic E-state index is -0.901. The lowest BCUT2D eigenvalue weighted by atomic mass is 9.75. The number of nitrogens with zero attached hydrogens (tertiary/aromatic N) is 2. The van der Waals surface area contributed by atoms with Gasteiger partial charge in [0.2, 0.25) is 0 Å². The Morgan fingerprint density at radius 3 is 2.17 bits per heavy atom. The molecule has 0 spiro atoms. The van der Waals surface area contributed by atoms with Gasteiger partial charge in [-0.15, -0.1) is 0 Å². The topological polar surface area (TPSA) is 81.1 Å². The lowest BCUT2D eigenvalue weighted by Crippen LogP contribution is -2.46. The van der Waals surface area contributed by atoms with E-state index in [1.807, 2.05) is 38.1 Å². The fourth-order valence-corrected chi connectivity index (χ4v) is 4.47. The van der Waals surface area contributed by atoms with E-state index >= 15 is 0 Å². The number of hydrogen-bond acceptors (Lipinski definition) is 3. The zero-order chi connectivity index (χ0) is 21.8. The fourth-order valence-electron chi connectivity index (χ4n) is 4.47. The second-order valence-electron chi connectivity index (χ2n) is 9.03. The lowest BCUT2D eigenvalue weighted by Gasteiger charge is -2.38. The zero-order valence-corrected chi connectivity index (χ0v) is 18.4. The average molecular weight is 405 g/mol. The molecule has 0 bridgehead atoms. The van der Waals surface area contributed by atoms with Crippen molar-refractivity contribution in [1.29, 1.82) is 0 Å². The molecule has 2 rings (SSSR count). The molecular weight excluding hydrogens is 368 g/mol. The van der Waals surface area contributed by atoms with Crippen molar-refractivity contribution in [3.05, 3.63) is 35.4 Å². The maximum atomic E-state index is 12.6. The smallest absolute Gasteiger partial charge is 0.407 e. The fraction of sp³-hybridized carbons (Fsp3) is 0.652. The molecule has 1 aliphatic heterocycles. The number of likely N-dealkylation sites (tertiary alicyclic amines) is 1. The van der Waals surface area contributed by atoms with Crippen molar-refractivity contribution in [2.24, 2.45) is 11.3 Å². The summed E-state index contributed by atoms with van der Waals surface area (Å²) in [4.78, 5) is 27.8. The van der Waals surface area contributed by atoms with Crippen LogP contribution in [0.5, 0.6) is 0 Å². The molecule has 2 N–H and O–H groups in total. The zero-order valence-electron chi connectivity index (χ0n) is 18.4. The molecule has 3 atom stereocenters. The Hall–Kier alpha value is -2.08. The van der Waals surface area contributed by atoms with Crippen LogP contribution in [0, 0.1) is 11.3 Å². The van der Waals surface area contributed by atoms with Gasteiger partial charge in [0.25, 0.3) is 5.91 Å². The number of hydrogen-bond donors (Lipinski definition) is 2. The van der Waals surface area contributed by atoms with Gasteiger partial charge >= 0.3 is 6.09 Å². The number of rotatable bonds is 5. The summed E-state index contributed by atoms with van der Waals surface area (Å²) in [7, 11) is 0. The van der Waals surface area contributed by atoms with Crippen molar-refractivity contribution in [3.8, 4) is 0 Å². The number of carbonyl (C=O) groups is 2. The van der Waals surface area contributed by atoms with Gasteiger partial charge in [0, 0.05) is 37.8 Å². The van der Waals surface area contributed by atoms with Gasteiger partial charge in [-0.05, 0) is 61.6 Å². The summed E-state index contributed by atoms with van der Waals surface area (Å²) in [6, 6.07) is 7.52. The standard InChI is InChI=1S/C23H36N2O4/c1-6-24(7-2)21(27)17-10-8-16(9-11-17)19-14-20(23(3,4)5)25(22(28)29)13-12-18(19)15-26/h8-11,18-20,26H,6-7,12-15H2,1-5H3,(H,28,29). The molecule has 162 valence electrons. The molecule has 1 saturated heterocycles. The third kappa shape index (κ3) is 5.30. The van der Waals surface area contributed by atoms with Gasteiger partial charge in [-0.2, -0.15) is 0 Å². The van der Waals surface area contributed by atoms with Crippen molar-refractivity contribution in [2.45, 2.75) is 59.4 Å². The Morgan fingerprint density at radius 1 is 1.14 bits per heavy atom. The van der Waals surface area contributed by atoms with E-state index in [9.17, 15) is 19.8 Å². The normalized spacial score (nSPS) is 22.8. The van der Waals surface area contributed by atoms with Gasteiger partial charge in [-0.1, -0.05) is 32.9 Å². The van der Waals surface area contributed by atoms with Gasteiger partial charge in [0.15, 0.2) is 0 Å². The summed E-state index contributed by atoms with van der Waals surface area (Å²) in [6.07, 6.45) is 0.382. The maximum absolute atomic E-state index is 12.6. The molecule has 1 heterocycles. The predicted molar refractivity (Wildman–Crippen MR) is 114 cm³/mol. The molecule has 1 aliphatic rings. The first-order valence-corrected chi connectivity index (χ1v) is 10.6. The molecular formula is C23H36N2O4. The van der Waals surface area contributed by atoms with Crippen LogP contribution in [0.4, 0.5) is 4.79 Å². The van der Waals surface area contributed by atoms with E-state index in [2.05, 4.69) is 20.8 Å². The first-order chi connectivity index (χ1) is 13.6. The summed E-state index contributed by atoms with van der Waals surface area (Å²) < 4.78 is 0. The van der Waals surface area contributed by atoms with Crippen LogP contribution in [0.15, 0.2) is 24.3 Å². The summed E-state index contributed by atoms with van der Waals surface area (Å²) >= 11 is 0. The van der Waals surface area contributed by atoms with E-state index in [0.29, 0.717) is 38.0 Å². The highest BCUT2D eigenvalue weighted by molar-refractivity contribution is 5.94.